The quantitative estimate of drug-likeness (QED) is 0.188. The Hall–Kier alpha value is -2.56. The van der Waals surface area contributed by atoms with Crippen LogP contribution in [0.15, 0.2) is 46.0 Å². The number of hydrogen-bond acceptors (Lipinski definition) is 7. The van der Waals surface area contributed by atoms with Gasteiger partial charge >= 0.3 is 6.03 Å². The highest BCUT2D eigenvalue weighted by Crippen LogP contribution is 2.29. The van der Waals surface area contributed by atoms with E-state index in [1.54, 1.807) is 63.5 Å². The summed E-state index contributed by atoms with van der Waals surface area (Å²) >= 11 is 3.10. The van der Waals surface area contributed by atoms with Gasteiger partial charge in [-0.25, -0.2) is 4.79 Å². The number of methoxy groups -OCH3 is 1. The van der Waals surface area contributed by atoms with E-state index >= 15 is 0 Å². The summed E-state index contributed by atoms with van der Waals surface area (Å²) in [5.74, 6) is -0.229. The number of carbonyl (C=O) groups excluding carboxylic acids is 3. The molecule has 0 unspecified atom stereocenters. The van der Waals surface area contributed by atoms with Gasteiger partial charge in [0.1, 0.15) is 11.8 Å². The van der Waals surface area contributed by atoms with Crippen LogP contribution in [0.4, 0.5) is 10.5 Å². The summed E-state index contributed by atoms with van der Waals surface area (Å²) in [6, 6.07) is 8.66. The van der Waals surface area contributed by atoms with Crippen LogP contribution < -0.4 is 15.4 Å². The minimum Gasteiger partial charge on any atom is -0.497 e. The molecule has 3 N–H and O–H groups in total. The molecular formula is C26H37N3O5S2. The van der Waals surface area contributed by atoms with Crippen molar-refractivity contribution in [3.8, 4) is 5.75 Å². The van der Waals surface area contributed by atoms with Gasteiger partial charge in [0.25, 0.3) is 5.91 Å². The topological polar surface area (TPSA) is 108 Å². The van der Waals surface area contributed by atoms with Gasteiger partial charge in [-0.2, -0.15) is 0 Å². The van der Waals surface area contributed by atoms with Gasteiger partial charge in [0.15, 0.2) is 0 Å². The fraction of sp³-hybridized carbons (Fsp3) is 0.500. The molecule has 4 amide bonds. The Balaban J connectivity index is 2.09. The molecule has 198 valence electrons. The minimum absolute atomic E-state index is 0.124. The second-order valence-corrected chi connectivity index (χ2v) is 12.3. The van der Waals surface area contributed by atoms with E-state index < -0.39 is 35.2 Å². The number of thiophene rings is 1. The van der Waals surface area contributed by atoms with E-state index in [4.69, 9.17) is 4.74 Å². The Bertz CT molecular complexity index is 988. The highest BCUT2D eigenvalue weighted by Gasteiger charge is 2.36. The van der Waals surface area contributed by atoms with Gasteiger partial charge in [0, 0.05) is 11.4 Å². The van der Waals surface area contributed by atoms with Crippen LogP contribution in [0.2, 0.25) is 0 Å². The Morgan fingerprint density at radius 1 is 1.11 bits per heavy atom. The average Bonchev–Trinajstić information content (AvgIpc) is 3.34. The molecule has 2 aromatic rings. The summed E-state index contributed by atoms with van der Waals surface area (Å²) in [6.07, 6.45) is 1.33. The number of benzene rings is 1. The smallest absolute Gasteiger partial charge is 0.349 e. The number of carbonyl (C=O) groups is 3. The molecular weight excluding hydrogens is 498 g/mol. The normalized spacial score (nSPS) is 13.1. The number of urea groups is 1. The molecule has 0 radical (unpaired) electrons. The molecule has 10 heteroatoms. The van der Waals surface area contributed by atoms with Gasteiger partial charge in [-0.1, -0.05) is 47.1 Å². The molecule has 0 fully saturated rings. The fourth-order valence-corrected chi connectivity index (χ4v) is 5.30. The van der Waals surface area contributed by atoms with Crippen LogP contribution in [0.3, 0.4) is 0 Å². The predicted molar refractivity (Wildman–Crippen MR) is 145 cm³/mol. The highest BCUT2D eigenvalue weighted by molar-refractivity contribution is 8.01. The lowest BCUT2D eigenvalue weighted by atomic mass is 9.86. The molecule has 2 atom stereocenters. The number of ether oxygens (including phenoxy) is 1. The van der Waals surface area contributed by atoms with Crippen molar-refractivity contribution < 1.29 is 24.3 Å². The zero-order valence-electron chi connectivity index (χ0n) is 21.7. The van der Waals surface area contributed by atoms with Crippen LogP contribution in [0.25, 0.3) is 0 Å². The highest BCUT2D eigenvalue weighted by atomic mass is 32.2. The largest absolute Gasteiger partial charge is 0.497 e. The molecule has 0 saturated carbocycles. The molecule has 0 aliphatic carbocycles. The van der Waals surface area contributed by atoms with E-state index in [-0.39, 0.29) is 5.06 Å². The van der Waals surface area contributed by atoms with E-state index in [0.29, 0.717) is 29.5 Å². The monoisotopic (exact) mass is 535 g/mol. The minimum atomic E-state index is -1.03. The van der Waals surface area contributed by atoms with Crippen molar-refractivity contribution in [2.45, 2.75) is 57.7 Å². The Kier molecular flexibility index (Phi) is 11.3. The third-order valence-electron chi connectivity index (χ3n) is 5.52. The number of imide groups is 1. The van der Waals surface area contributed by atoms with Gasteiger partial charge in [0.05, 0.1) is 17.2 Å². The van der Waals surface area contributed by atoms with Crippen LogP contribution in [0.1, 0.15) is 47.5 Å². The first kappa shape index (κ1) is 29.7. The number of rotatable bonds is 11. The van der Waals surface area contributed by atoms with Crippen LogP contribution in [-0.4, -0.2) is 47.0 Å². The van der Waals surface area contributed by atoms with Crippen LogP contribution in [-0.2, 0) is 9.59 Å². The molecule has 0 aliphatic heterocycles. The molecule has 0 aliphatic rings. The maximum atomic E-state index is 13.1. The van der Waals surface area contributed by atoms with E-state index in [1.807, 2.05) is 17.5 Å². The van der Waals surface area contributed by atoms with E-state index in [9.17, 15) is 19.6 Å². The molecule has 8 nitrogen and oxygen atoms in total. The molecule has 1 heterocycles. The fourth-order valence-electron chi connectivity index (χ4n) is 3.36. The summed E-state index contributed by atoms with van der Waals surface area (Å²) in [5.41, 5.74) is -0.164. The lowest BCUT2D eigenvalue weighted by molar-refractivity contribution is -0.157. The van der Waals surface area contributed by atoms with Gasteiger partial charge < -0.3 is 15.4 Å². The number of anilines is 1. The second-order valence-electron chi connectivity index (χ2n) is 10.0. The van der Waals surface area contributed by atoms with E-state index in [2.05, 4.69) is 24.5 Å². The van der Waals surface area contributed by atoms with Crippen molar-refractivity contribution in [1.29, 1.82) is 0 Å². The van der Waals surface area contributed by atoms with Crippen molar-refractivity contribution in [3.05, 3.63) is 41.8 Å². The van der Waals surface area contributed by atoms with Gasteiger partial charge in [0.2, 0.25) is 5.91 Å². The average molecular weight is 536 g/mol. The van der Waals surface area contributed by atoms with Crippen LogP contribution >= 0.6 is 23.1 Å². The second kappa shape index (κ2) is 13.7. The lowest BCUT2D eigenvalue weighted by Crippen LogP contribution is -2.56. The first-order chi connectivity index (χ1) is 16.9. The van der Waals surface area contributed by atoms with Gasteiger partial charge in [-0.05, 0) is 53.5 Å². The molecule has 0 spiro atoms. The van der Waals surface area contributed by atoms with Crippen LogP contribution in [0, 0.1) is 17.3 Å². The summed E-state index contributed by atoms with van der Waals surface area (Å²) < 4.78 is 6.19. The number of amides is 4. The molecule has 36 heavy (non-hydrogen) atoms. The SMILES string of the molecule is COc1ccc(NC(=O)[C@@H](NC(=O)N(O)C(=O)[C@H](CCC(C)C)CSc2cccs2)C(C)(C)C)cc1. The van der Waals surface area contributed by atoms with Gasteiger partial charge in [-0.15, -0.1) is 28.2 Å². The van der Waals surface area contributed by atoms with Crippen molar-refractivity contribution in [2.75, 3.05) is 18.2 Å². The summed E-state index contributed by atoms with van der Waals surface area (Å²) in [5, 5.41) is 17.9. The Morgan fingerprint density at radius 3 is 2.31 bits per heavy atom. The summed E-state index contributed by atoms with van der Waals surface area (Å²) in [7, 11) is 1.55. The van der Waals surface area contributed by atoms with E-state index in [1.165, 1.54) is 11.8 Å². The van der Waals surface area contributed by atoms with Crippen molar-refractivity contribution >= 4 is 46.6 Å². The molecule has 0 bridgehead atoms. The maximum absolute atomic E-state index is 13.1. The number of hydrogen-bond donors (Lipinski definition) is 3. The standard InChI is InChI=1S/C26H37N3O5S2/c1-17(2)9-10-18(16-36-21-8-7-15-35-21)24(31)29(33)25(32)28-22(26(3,4)5)23(30)27-19-11-13-20(34-6)14-12-19/h7-8,11-15,17-18,22,33H,9-10,16H2,1-6H3,(H,27,30)(H,28,32)/t18-,22-/m1/s1. The molecule has 2 rings (SSSR count). The maximum Gasteiger partial charge on any atom is 0.349 e. The first-order valence-corrected chi connectivity index (χ1v) is 13.7. The zero-order chi connectivity index (χ0) is 26.9. The zero-order valence-corrected chi connectivity index (χ0v) is 23.4. The number of thioether (sulfide) groups is 1. The van der Waals surface area contributed by atoms with Gasteiger partial charge in [-0.3, -0.25) is 14.8 Å². The first-order valence-electron chi connectivity index (χ1n) is 11.9. The molecule has 0 saturated heterocycles. The summed E-state index contributed by atoms with van der Waals surface area (Å²) in [4.78, 5) is 39.0. The van der Waals surface area contributed by atoms with Crippen LogP contribution in [0.5, 0.6) is 5.75 Å². The third kappa shape index (κ3) is 9.15. The van der Waals surface area contributed by atoms with Crippen molar-refractivity contribution in [3.63, 3.8) is 0 Å². The molecule has 1 aromatic carbocycles. The molecule has 1 aromatic heterocycles. The number of nitrogens with one attached hydrogen (secondary N) is 2. The summed E-state index contributed by atoms with van der Waals surface area (Å²) in [6.45, 7) is 9.49. The Morgan fingerprint density at radius 2 is 1.78 bits per heavy atom. The number of nitrogens with zero attached hydrogens (tertiary/aromatic N) is 1. The lowest BCUT2D eigenvalue weighted by Gasteiger charge is -2.31. The van der Waals surface area contributed by atoms with Crippen molar-refractivity contribution in [1.82, 2.24) is 10.4 Å². The predicted octanol–water partition coefficient (Wildman–Crippen LogP) is 5.88. The van der Waals surface area contributed by atoms with Crippen molar-refractivity contribution in [2.24, 2.45) is 17.3 Å². The third-order valence-corrected chi connectivity index (χ3v) is 7.81. The number of hydroxylamine groups is 2. The van der Waals surface area contributed by atoms with E-state index in [0.717, 1.165) is 10.6 Å². The Labute approximate surface area is 221 Å².